The van der Waals surface area contributed by atoms with Crippen molar-refractivity contribution >= 4 is 17.7 Å². The van der Waals surface area contributed by atoms with Crippen molar-refractivity contribution in [3.63, 3.8) is 0 Å². The van der Waals surface area contributed by atoms with E-state index in [1.165, 1.54) is 30.2 Å². The van der Waals surface area contributed by atoms with Gasteiger partial charge >= 0.3 is 5.97 Å². The van der Waals surface area contributed by atoms with Crippen molar-refractivity contribution in [2.24, 2.45) is 0 Å². The summed E-state index contributed by atoms with van der Waals surface area (Å²) in [6.45, 7) is 4.43. The molecule has 1 heterocycles. The van der Waals surface area contributed by atoms with Crippen LogP contribution in [0.2, 0.25) is 0 Å². The molecule has 0 saturated carbocycles. The fourth-order valence-electron chi connectivity index (χ4n) is 1.41. The Hall–Kier alpha value is -1.03. The van der Waals surface area contributed by atoms with E-state index in [0.717, 1.165) is 11.3 Å². The van der Waals surface area contributed by atoms with E-state index in [-0.39, 0.29) is 5.97 Å². The van der Waals surface area contributed by atoms with Gasteiger partial charge < -0.3 is 4.74 Å². The number of esters is 1. The van der Waals surface area contributed by atoms with Crippen LogP contribution >= 0.6 is 11.8 Å². The number of aromatic nitrogens is 1. The second-order valence-electron chi connectivity index (χ2n) is 3.73. The summed E-state index contributed by atoms with van der Waals surface area (Å²) in [6.07, 6.45) is 7.09. The molecular formula is C13H19NO2S. The average molecular weight is 253 g/mol. The Balaban J connectivity index is 2.45. The van der Waals surface area contributed by atoms with E-state index in [1.54, 1.807) is 6.20 Å². The molecule has 0 radical (unpaired) electrons. The third kappa shape index (κ3) is 5.73. The molecule has 0 atom stereocenters. The van der Waals surface area contributed by atoms with Crippen LogP contribution in [-0.4, -0.2) is 23.3 Å². The van der Waals surface area contributed by atoms with Gasteiger partial charge in [0.15, 0.2) is 0 Å². The third-order valence-corrected chi connectivity index (χ3v) is 3.19. The molecule has 4 heteroatoms. The van der Waals surface area contributed by atoms with Crippen LogP contribution in [0, 0.1) is 0 Å². The Morgan fingerprint density at radius 2 is 2.24 bits per heavy atom. The van der Waals surface area contributed by atoms with Gasteiger partial charge in [0, 0.05) is 17.3 Å². The Labute approximate surface area is 107 Å². The molecule has 3 nitrogen and oxygen atoms in total. The van der Waals surface area contributed by atoms with E-state index in [9.17, 15) is 4.79 Å². The molecule has 0 aliphatic carbocycles. The van der Waals surface area contributed by atoms with Crippen molar-refractivity contribution in [2.45, 2.75) is 38.0 Å². The SMILES string of the molecule is CCCCc1cncc(SCC(=O)OCC)c1. The first-order valence-electron chi connectivity index (χ1n) is 5.98. The van der Waals surface area contributed by atoms with Crippen molar-refractivity contribution in [2.75, 3.05) is 12.4 Å². The van der Waals surface area contributed by atoms with Crippen LogP contribution in [0.25, 0.3) is 0 Å². The number of hydrogen-bond acceptors (Lipinski definition) is 4. The van der Waals surface area contributed by atoms with E-state index in [1.807, 2.05) is 13.1 Å². The lowest BCUT2D eigenvalue weighted by atomic mass is 10.1. The molecule has 0 fully saturated rings. The third-order valence-electron chi connectivity index (χ3n) is 2.25. The quantitative estimate of drug-likeness (QED) is 0.553. The number of rotatable bonds is 7. The number of ether oxygens (including phenoxy) is 1. The lowest BCUT2D eigenvalue weighted by molar-refractivity contribution is -0.139. The zero-order valence-corrected chi connectivity index (χ0v) is 11.3. The second kappa shape index (κ2) is 8.12. The summed E-state index contributed by atoms with van der Waals surface area (Å²) in [4.78, 5) is 16.4. The molecule has 0 bridgehead atoms. The molecule has 1 aromatic heterocycles. The minimum Gasteiger partial charge on any atom is -0.465 e. The van der Waals surface area contributed by atoms with Gasteiger partial charge in [-0.3, -0.25) is 9.78 Å². The predicted molar refractivity (Wildman–Crippen MR) is 70.2 cm³/mol. The second-order valence-corrected chi connectivity index (χ2v) is 4.77. The molecule has 0 unspecified atom stereocenters. The van der Waals surface area contributed by atoms with Crippen LogP contribution in [0.1, 0.15) is 32.3 Å². The number of hydrogen-bond donors (Lipinski definition) is 0. The first-order valence-corrected chi connectivity index (χ1v) is 6.97. The van der Waals surface area contributed by atoms with Gasteiger partial charge in [0.25, 0.3) is 0 Å². The van der Waals surface area contributed by atoms with Crippen LogP contribution in [0.15, 0.2) is 23.4 Å². The fourth-order valence-corrected chi connectivity index (χ4v) is 2.14. The van der Waals surface area contributed by atoms with Gasteiger partial charge in [-0.1, -0.05) is 13.3 Å². The summed E-state index contributed by atoms with van der Waals surface area (Å²) in [7, 11) is 0. The van der Waals surface area contributed by atoms with E-state index >= 15 is 0 Å². The average Bonchev–Trinajstić information content (AvgIpc) is 2.35. The summed E-state index contributed by atoms with van der Waals surface area (Å²) < 4.78 is 4.88. The number of pyridine rings is 1. The summed E-state index contributed by atoms with van der Waals surface area (Å²) in [5, 5.41) is 0. The smallest absolute Gasteiger partial charge is 0.316 e. The standard InChI is InChI=1S/C13H19NO2S/c1-3-5-6-11-7-12(9-14-8-11)17-10-13(15)16-4-2/h7-9H,3-6,10H2,1-2H3. The molecular weight excluding hydrogens is 234 g/mol. The molecule has 0 saturated heterocycles. The molecule has 0 aliphatic heterocycles. The zero-order valence-electron chi connectivity index (χ0n) is 10.4. The van der Waals surface area contributed by atoms with Crippen LogP contribution in [0.3, 0.4) is 0 Å². The molecule has 1 aromatic rings. The van der Waals surface area contributed by atoms with Crippen molar-refractivity contribution < 1.29 is 9.53 Å². The van der Waals surface area contributed by atoms with Gasteiger partial charge in [0.1, 0.15) is 0 Å². The van der Waals surface area contributed by atoms with E-state index in [2.05, 4.69) is 18.0 Å². The van der Waals surface area contributed by atoms with Crippen molar-refractivity contribution in [1.82, 2.24) is 4.98 Å². The molecule has 0 amide bonds. The van der Waals surface area contributed by atoms with Crippen LogP contribution in [0.5, 0.6) is 0 Å². The number of carbonyl (C=O) groups excluding carboxylic acids is 1. The van der Waals surface area contributed by atoms with Crippen molar-refractivity contribution in [3.05, 3.63) is 24.0 Å². The molecule has 0 aliphatic rings. The first kappa shape index (κ1) is 14.0. The summed E-state index contributed by atoms with van der Waals surface area (Å²) >= 11 is 1.48. The highest BCUT2D eigenvalue weighted by Gasteiger charge is 2.04. The maximum Gasteiger partial charge on any atom is 0.316 e. The highest BCUT2D eigenvalue weighted by atomic mass is 32.2. The Morgan fingerprint density at radius 3 is 2.94 bits per heavy atom. The maximum atomic E-state index is 11.2. The summed E-state index contributed by atoms with van der Waals surface area (Å²) in [6, 6.07) is 2.10. The van der Waals surface area contributed by atoms with E-state index in [0.29, 0.717) is 12.4 Å². The number of nitrogens with zero attached hydrogens (tertiary/aromatic N) is 1. The molecule has 0 N–H and O–H groups in total. The summed E-state index contributed by atoms with van der Waals surface area (Å²) in [5.74, 6) is 0.184. The lowest BCUT2D eigenvalue weighted by Crippen LogP contribution is -2.06. The van der Waals surface area contributed by atoms with Crippen LogP contribution in [-0.2, 0) is 16.0 Å². The molecule has 94 valence electrons. The Bertz CT molecular complexity index is 355. The first-order chi connectivity index (χ1) is 8.26. The number of carbonyl (C=O) groups is 1. The number of thioether (sulfide) groups is 1. The van der Waals surface area contributed by atoms with Crippen molar-refractivity contribution in [3.8, 4) is 0 Å². The number of aryl methyl sites for hydroxylation is 1. The molecule has 0 spiro atoms. The van der Waals surface area contributed by atoms with Gasteiger partial charge in [0.05, 0.1) is 12.4 Å². The van der Waals surface area contributed by atoms with Gasteiger partial charge in [0.2, 0.25) is 0 Å². The Morgan fingerprint density at radius 1 is 1.41 bits per heavy atom. The van der Waals surface area contributed by atoms with Crippen LogP contribution in [0.4, 0.5) is 0 Å². The monoisotopic (exact) mass is 253 g/mol. The van der Waals surface area contributed by atoms with Crippen molar-refractivity contribution in [1.29, 1.82) is 0 Å². The minimum absolute atomic E-state index is 0.170. The highest BCUT2D eigenvalue weighted by Crippen LogP contribution is 2.18. The van der Waals surface area contributed by atoms with Crippen LogP contribution < -0.4 is 0 Å². The molecule has 17 heavy (non-hydrogen) atoms. The Kier molecular flexibility index (Phi) is 6.70. The molecule has 1 rings (SSSR count). The van der Waals surface area contributed by atoms with E-state index < -0.39 is 0 Å². The lowest BCUT2D eigenvalue weighted by Gasteiger charge is -2.04. The topological polar surface area (TPSA) is 39.2 Å². The predicted octanol–water partition coefficient (Wildman–Crippen LogP) is 3.08. The normalized spacial score (nSPS) is 10.2. The largest absolute Gasteiger partial charge is 0.465 e. The fraction of sp³-hybridized carbons (Fsp3) is 0.538. The van der Waals surface area contributed by atoms with Gasteiger partial charge in [-0.2, -0.15) is 0 Å². The zero-order chi connectivity index (χ0) is 12.5. The van der Waals surface area contributed by atoms with E-state index in [4.69, 9.17) is 4.74 Å². The van der Waals surface area contributed by atoms with Gasteiger partial charge in [-0.05, 0) is 31.4 Å². The maximum absolute atomic E-state index is 11.2. The molecule has 0 aromatic carbocycles. The summed E-state index contributed by atoms with van der Waals surface area (Å²) in [5.41, 5.74) is 1.24. The number of unbranched alkanes of at least 4 members (excludes halogenated alkanes) is 1. The van der Waals surface area contributed by atoms with Gasteiger partial charge in [-0.25, -0.2) is 0 Å². The highest BCUT2D eigenvalue weighted by molar-refractivity contribution is 8.00. The van der Waals surface area contributed by atoms with Gasteiger partial charge in [-0.15, -0.1) is 11.8 Å². The minimum atomic E-state index is -0.170.